The predicted molar refractivity (Wildman–Crippen MR) is 98.5 cm³/mol. The van der Waals surface area contributed by atoms with E-state index < -0.39 is 0 Å². The lowest BCUT2D eigenvalue weighted by Gasteiger charge is -2.34. The van der Waals surface area contributed by atoms with Crippen molar-refractivity contribution in [3.63, 3.8) is 0 Å². The highest BCUT2D eigenvalue weighted by Crippen LogP contribution is 2.17. The number of piperazine rings is 1. The fourth-order valence-corrected chi connectivity index (χ4v) is 3.09. The fraction of sp³-hybridized carbons (Fsp3) is 0.333. The quantitative estimate of drug-likeness (QED) is 0.757. The minimum absolute atomic E-state index is 0.133. The summed E-state index contributed by atoms with van der Waals surface area (Å²) in [6.07, 6.45) is 5.15. The molecular weight excluding hydrogens is 346 g/mol. The molecule has 0 aromatic carbocycles. The molecular formula is C18H21N7O2. The van der Waals surface area contributed by atoms with Crippen molar-refractivity contribution in [2.75, 3.05) is 31.5 Å². The predicted octanol–water partition coefficient (Wildman–Crippen LogP) is 1.91. The number of nitrogens with zero attached hydrogens (tertiary/aromatic N) is 6. The summed E-state index contributed by atoms with van der Waals surface area (Å²) in [5.74, 6) is 1.44. The number of hydrogen-bond acceptors (Lipinski definition) is 6. The lowest BCUT2D eigenvalue weighted by Crippen LogP contribution is -2.49. The maximum atomic E-state index is 12.7. The molecule has 4 rings (SSSR count). The first kappa shape index (κ1) is 17.2. The number of carbonyl (C=O) groups excluding carboxylic acids is 1. The number of anilines is 1. The van der Waals surface area contributed by atoms with E-state index in [1.165, 1.54) is 0 Å². The van der Waals surface area contributed by atoms with Gasteiger partial charge in [0.1, 0.15) is 0 Å². The van der Waals surface area contributed by atoms with E-state index in [2.05, 4.69) is 25.5 Å². The highest BCUT2D eigenvalue weighted by molar-refractivity contribution is 5.91. The van der Waals surface area contributed by atoms with Gasteiger partial charge in [0.15, 0.2) is 11.6 Å². The largest absolute Gasteiger partial charge is 0.360 e. The van der Waals surface area contributed by atoms with Crippen molar-refractivity contribution >= 4 is 11.7 Å². The third-order valence-electron chi connectivity index (χ3n) is 4.47. The van der Waals surface area contributed by atoms with E-state index in [0.29, 0.717) is 31.1 Å². The SMILES string of the molecule is Cc1cc(CN2CCN(C(=O)Nc3cccnc3-n3cccn3)CC2)on1. The molecule has 0 bridgehead atoms. The molecule has 4 heterocycles. The van der Waals surface area contributed by atoms with Gasteiger partial charge in [-0.25, -0.2) is 14.5 Å². The van der Waals surface area contributed by atoms with Crippen LogP contribution >= 0.6 is 0 Å². The van der Waals surface area contributed by atoms with Crippen LogP contribution in [0.4, 0.5) is 10.5 Å². The third-order valence-corrected chi connectivity index (χ3v) is 4.47. The first-order valence-corrected chi connectivity index (χ1v) is 8.84. The highest BCUT2D eigenvalue weighted by Gasteiger charge is 2.23. The van der Waals surface area contributed by atoms with Crippen LogP contribution in [0, 0.1) is 6.92 Å². The molecule has 1 aliphatic heterocycles. The lowest BCUT2D eigenvalue weighted by molar-refractivity contribution is 0.134. The Hall–Kier alpha value is -3.20. The Balaban J connectivity index is 1.35. The number of pyridine rings is 1. The van der Waals surface area contributed by atoms with Gasteiger partial charge in [0.05, 0.1) is 17.9 Å². The molecule has 3 aromatic heterocycles. The average molecular weight is 367 g/mol. The topological polar surface area (TPSA) is 92.3 Å². The van der Waals surface area contributed by atoms with Crippen LogP contribution < -0.4 is 5.32 Å². The number of nitrogens with one attached hydrogen (secondary N) is 1. The Labute approximate surface area is 156 Å². The van der Waals surface area contributed by atoms with E-state index in [1.807, 2.05) is 30.0 Å². The number of urea groups is 1. The van der Waals surface area contributed by atoms with Gasteiger partial charge in [-0.1, -0.05) is 5.16 Å². The van der Waals surface area contributed by atoms with E-state index >= 15 is 0 Å². The normalized spacial score (nSPS) is 15.1. The van der Waals surface area contributed by atoms with Gasteiger partial charge in [-0.2, -0.15) is 5.10 Å². The zero-order chi connectivity index (χ0) is 18.6. The molecule has 0 aliphatic carbocycles. The monoisotopic (exact) mass is 367 g/mol. The number of amides is 2. The smallest absolute Gasteiger partial charge is 0.322 e. The van der Waals surface area contributed by atoms with Gasteiger partial charge in [-0.05, 0) is 25.1 Å². The minimum atomic E-state index is -0.133. The number of carbonyl (C=O) groups is 1. The first-order valence-electron chi connectivity index (χ1n) is 8.84. The van der Waals surface area contributed by atoms with E-state index in [4.69, 9.17) is 4.52 Å². The Morgan fingerprint density at radius 3 is 2.78 bits per heavy atom. The summed E-state index contributed by atoms with van der Waals surface area (Å²) in [4.78, 5) is 21.1. The van der Waals surface area contributed by atoms with E-state index in [0.717, 1.165) is 24.5 Å². The summed E-state index contributed by atoms with van der Waals surface area (Å²) in [7, 11) is 0. The van der Waals surface area contributed by atoms with Crippen LogP contribution in [0.1, 0.15) is 11.5 Å². The number of hydrogen-bond donors (Lipinski definition) is 1. The summed E-state index contributed by atoms with van der Waals surface area (Å²) in [5.41, 5.74) is 1.51. The van der Waals surface area contributed by atoms with Crippen molar-refractivity contribution in [3.05, 3.63) is 54.3 Å². The zero-order valence-corrected chi connectivity index (χ0v) is 15.1. The van der Waals surface area contributed by atoms with E-state index in [-0.39, 0.29) is 6.03 Å². The van der Waals surface area contributed by atoms with Crippen LogP contribution in [0.25, 0.3) is 5.82 Å². The summed E-state index contributed by atoms with van der Waals surface area (Å²) < 4.78 is 6.90. The van der Waals surface area contributed by atoms with E-state index in [1.54, 1.807) is 29.3 Å². The fourth-order valence-electron chi connectivity index (χ4n) is 3.09. The maximum absolute atomic E-state index is 12.7. The van der Waals surface area contributed by atoms with Gasteiger partial charge in [-0.3, -0.25) is 4.90 Å². The summed E-state index contributed by atoms with van der Waals surface area (Å²) in [6, 6.07) is 7.24. The second-order valence-corrected chi connectivity index (χ2v) is 6.45. The summed E-state index contributed by atoms with van der Waals surface area (Å²) in [5, 5.41) is 11.1. The van der Waals surface area contributed by atoms with Gasteiger partial charge in [-0.15, -0.1) is 0 Å². The van der Waals surface area contributed by atoms with Crippen LogP contribution in [0.2, 0.25) is 0 Å². The van der Waals surface area contributed by atoms with Crippen molar-refractivity contribution in [1.82, 2.24) is 29.7 Å². The van der Waals surface area contributed by atoms with E-state index in [9.17, 15) is 4.79 Å². The van der Waals surface area contributed by atoms with Gasteiger partial charge >= 0.3 is 6.03 Å². The molecule has 1 aliphatic rings. The van der Waals surface area contributed by atoms with Crippen LogP contribution in [0.5, 0.6) is 0 Å². The number of aromatic nitrogens is 4. The second kappa shape index (κ2) is 7.58. The lowest BCUT2D eigenvalue weighted by atomic mass is 10.3. The molecule has 27 heavy (non-hydrogen) atoms. The molecule has 0 saturated carbocycles. The molecule has 9 heteroatoms. The zero-order valence-electron chi connectivity index (χ0n) is 15.1. The molecule has 0 radical (unpaired) electrons. The van der Waals surface area contributed by atoms with Crippen molar-refractivity contribution in [1.29, 1.82) is 0 Å². The van der Waals surface area contributed by atoms with Gasteiger partial charge < -0.3 is 14.7 Å². The van der Waals surface area contributed by atoms with Crippen molar-refractivity contribution < 1.29 is 9.32 Å². The standard InChI is InChI=1S/C18H21N7O2/c1-14-12-15(27-22-14)13-23-8-10-24(11-9-23)18(26)21-16-4-2-5-19-17(16)25-7-3-6-20-25/h2-7,12H,8-11,13H2,1H3,(H,21,26). The maximum Gasteiger partial charge on any atom is 0.322 e. The average Bonchev–Trinajstić information content (AvgIpc) is 3.35. The van der Waals surface area contributed by atoms with Crippen LogP contribution in [-0.2, 0) is 6.54 Å². The number of rotatable bonds is 4. The molecule has 2 amide bonds. The molecule has 140 valence electrons. The molecule has 0 spiro atoms. The van der Waals surface area contributed by atoms with Crippen LogP contribution in [0.3, 0.4) is 0 Å². The van der Waals surface area contributed by atoms with Gasteiger partial charge in [0.25, 0.3) is 0 Å². The Bertz CT molecular complexity index is 898. The third kappa shape index (κ3) is 3.98. The molecule has 0 atom stereocenters. The van der Waals surface area contributed by atoms with Crippen molar-refractivity contribution in [2.24, 2.45) is 0 Å². The van der Waals surface area contributed by atoms with Crippen LogP contribution in [0.15, 0.2) is 47.4 Å². The van der Waals surface area contributed by atoms with Crippen molar-refractivity contribution in [2.45, 2.75) is 13.5 Å². The highest BCUT2D eigenvalue weighted by atomic mass is 16.5. The molecule has 1 N–H and O–H groups in total. The molecule has 1 saturated heterocycles. The molecule has 9 nitrogen and oxygen atoms in total. The van der Waals surface area contributed by atoms with Crippen molar-refractivity contribution in [3.8, 4) is 5.82 Å². The molecule has 3 aromatic rings. The van der Waals surface area contributed by atoms with Crippen LogP contribution in [-0.4, -0.2) is 61.9 Å². The van der Waals surface area contributed by atoms with Gasteiger partial charge in [0, 0.05) is 50.8 Å². The van der Waals surface area contributed by atoms with Gasteiger partial charge in [0.2, 0.25) is 0 Å². The Morgan fingerprint density at radius 2 is 2.07 bits per heavy atom. The molecule has 0 unspecified atom stereocenters. The molecule has 1 fully saturated rings. The minimum Gasteiger partial charge on any atom is -0.360 e. The first-order chi connectivity index (χ1) is 13.2. The Kier molecular flexibility index (Phi) is 4.84. The Morgan fingerprint density at radius 1 is 1.22 bits per heavy atom. The summed E-state index contributed by atoms with van der Waals surface area (Å²) >= 11 is 0. The second-order valence-electron chi connectivity index (χ2n) is 6.45. The summed E-state index contributed by atoms with van der Waals surface area (Å²) in [6.45, 7) is 5.48. The number of aryl methyl sites for hydroxylation is 1.